The summed E-state index contributed by atoms with van der Waals surface area (Å²) in [6.07, 6.45) is 0.346. The molecule has 1 heterocycles. The number of ether oxygens (including phenoxy) is 1. The standard InChI is InChI=1S/C24H24N2O2/c1-25-21-11-7-8-12-22(21)26(2)23(25)24(27,19-9-5-4-6-10-19)17-18-13-15-20(28-3)16-14-18/h4-16H,17H2,1-3H3. The number of hydrogen-bond donors (Lipinski definition) is 0. The van der Waals surface area contributed by atoms with Gasteiger partial charge in [0.2, 0.25) is 0 Å². The van der Waals surface area contributed by atoms with Gasteiger partial charge in [-0.05, 0) is 41.8 Å². The van der Waals surface area contributed by atoms with Crippen LogP contribution in [0.3, 0.4) is 0 Å². The van der Waals surface area contributed by atoms with E-state index in [4.69, 9.17) is 4.74 Å². The molecule has 3 aromatic carbocycles. The fourth-order valence-corrected chi connectivity index (χ4v) is 4.07. The number of aromatic nitrogens is 2. The van der Waals surface area contributed by atoms with Crippen molar-refractivity contribution >= 4 is 11.0 Å². The molecule has 4 nitrogen and oxygen atoms in total. The molecule has 0 aliphatic heterocycles. The van der Waals surface area contributed by atoms with E-state index >= 15 is 0 Å². The van der Waals surface area contributed by atoms with E-state index in [1.807, 2.05) is 90.0 Å². The summed E-state index contributed by atoms with van der Waals surface area (Å²) in [6, 6.07) is 25.5. The molecule has 142 valence electrons. The van der Waals surface area contributed by atoms with E-state index in [1.165, 1.54) is 0 Å². The van der Waals surface area contributed by atoms with Crippen LogP contribution in [0.25, 0.3) is 11.0 Å². The Kier molecular flexibility index (Phi) is 4.65. The average Bonchev–Trinajstić information content (AvgIpc) is 3.00. The van der Waals surface area contributed by atoms with Gasteiger partial charge in [0.15, 0.2) is 11.0 Å². The highest BCUT2D eigenvalue weighted by Gasteiger charge is 2.35. The lowest BCUT2D eigenvalue weighted by molar-refractivity contribution is -0.678. The van der Waals surface area contributed by atoms with Gasteiger partial charge in [-0.2, -0.15) is 0 Å². The Morgan fingerprint density at radius 3 is 2.21 bits per heavy atom. The van der Waals surface area contributed by atoms with Crippen molar-refractivity contribution in [2.75, 3.05) is 7.11 Å². The zero-order valence-corrected chi connectivity index (χ0v) is 16.4. The Balaban J connectivity index is 1.91. The van der Waals surface area contributed by atoms with Gasteiger partial charge in [0.1, 0.15) is 5.75 Å². The molecule has 0 fully saturated rings. The number of fused-ring (bicyclic) bond motifs is 1. The summed E-state index contributed by atoms with van der Waals surface area (Å²) in [5.41, 5.74) is 2.40. The predicted octanol–water partition coefficient (Wildman–Crippen LogP) is 2.86. The van der Waals surface area contributed by atoms with E-state index in [0.717, 1.165) is 33.7 Å². The number of hydrogen-bond acceptors (Lipinski definition) is 2. The number of rotatable bonds is 5. The smallest absolute Gasteiger partial charge is 0.251 e. The second kappa shape index (κ2) is 7.13. The van der Waals surface area contributed by atoms with Gasteiger partial charge in [0.05, 0.1) is 21.2 Å². The maximum Gasteiger partial charge on any atom is 0.251 e. The third-order valence-electron chi connectivity index (χ3n) is 5.45. The molecule has 0 radical (unpaired) electrons. The van der Waals surface area contributed by atoms with E-state index in [9.17, 15) is 5.11 Å². The fourth-order valence-electron chi connectivity index (χ4n) is 4.07. The molecule has 28 heavy (non-hydrogen) atoms. The van der Waals surface area contributed by atoms with Gasteiger partial charge in [-0.1, -0.05) is 54.6 Å². The number of nitrogens with zero attached hydrogens (tertiary/aromatic N) is 2. The normalized spacial score (nSPS) is 13.4. The Morgan fingerprint density at radius 2 is 1.57 bits per heavy atom. The van der Waals surface area contributed by atoms with Crippen LogP contribution in [0.1, 0.15) is 17.0 Å². The Morgan fingerprint density at radius 1 is 0.929 bits per heavy atom. The molecule has 0 amide bonds. The first-order valence-corrected chi connectivity index (χ1v) is 9.37. The summed E-state index contributed by atoms with van der Waals surface area (Å²) in [5, 5.41) is 14.6. The molecule has 0 saturated carbocycles. The van der Waals surface area contributed by atoms with Gasteiger partial charge < -0.3 is 9.84 Å². The van der Waals surface area contributed by atoms with Crippen LogP contribution in [-0.2, 0) is 26.1 Å². The van der Waals surface area contributed by atoms with Crippen molar-refractivity contribution in [2.24, 2.45) is 14.1 Å². The quantitative estimate of drug-likeness (QED) is 0.506. The summed E-state index contributed by atoms with van der Waals surface area (Å²) >= 11 is 0. The minimum absolute atomic E-state index is 0.346. The second-order valence-electron chi connectivity index (χ2n) is 7.15. The molecule has 0 aliphatic carbocycles. The van der Waals surface area contributed by atoms with E-state index < -0.39 is 5.60 Å². The molecule has 0 bridgehead atoms. The highest BCUT2D eigenvalue weighted by molar-refractivity contribution is 5.72. The number of para-hydroxylation sites is 2. The van der Waals surface area contributed by atoms with Crippen LogP contribution < -0.4 is 14.4 Å². The molecule has 0 N–H and O–H groups in total. The largest absolute Gasteiger partial charge is 0.837 e. The summed E-state index contributed by atoms with van der Waals surface area (Å²) in [6.45, 7) is 0. The molecule has 0 saturated heterocycles. The SMILES string of the molecule is COc1ccc(CC([O-])(c2ccccc2)c2n(C)c3ccccc3[n+]2C)cc1. The monoisotopic (exact) mass is 372 g/mol. The van der Waals surface area contributed by atoms with Crippen molar-refractivity contribution in [1.29, 1.82) is 0 Å². The lowest BCUT2D eigenvalue weighted by atomic mass is 9.86. The molecule has 0 aliphatic rings. The summed E-state index contributed by atoms with van der Waals surface area (Å²) in [7, 11) is 5.59. The van der Waals surface area contributed by atoms with E-state index in [0.29, 0.717) is 6.42 Å². The molecular weight excluding hydrogens is 348 g/mol. The highest BCUT2D eigenvalue weighted by atomic mass is 16.5. The molecular formula is C24H24N2O2. The molecule has 4 aromatic rings. The summed E-state index contributed by atoms with van der Waals surface area (Å²) in [5.74, 6) is 1.52. The Bertz CT molecular complexity index is 1060. The van der Waals surface area contributed by atoms with E-state index in [2.05, 4.69) is 12.1 Å². The van der Waals surface area contributed by atoms with Gasteiger partial charge in [-0.25, -0.2) is 9.13 Å². The number of imidazole rings is 1. The molecule has 1 aromatic heterocycles. The van der Waals surface area contributed by atoms with Crippen LogP contribution in [-0.4, -0.2) is 11.7 Å². The highest BCUT2D eigenvalue weighted by Crippen LogP contribution is 2.31. The third-order valence-corrected chi connectivity index (χ3v) is 5.45. The lowest BCUT2D eigenvalue weighted by Gasteiger charge is -2.38. The minimum atomic E-state index is -1.43. The van der Waals surface area contributed by atoms with Crippen LogP contribution in [0, 0.1) is 0 Å². The van der Waals surface area contributed by atoms with Crippen LogP contribution in [0.15, 0.2) is 78.9 Å². The topological polar surface area (TPSA) is 41.1 Å². The maximum atomic E-state index is 14.6. The van der Waals surface area contributed by atoms with Crippen molar-refractivity contribution < 1.29 is 14.4 Å². The first-order chi connectivity index (χ1) is 13.5. The van der Waals surface area contributed by atoms with E-state index in [-0.39, 0.29) is 0 Å². The maximum absolute atomic E-state index is 14.6. The van der Waals surface area contributed by atoms with E-state index in [1.54, 1.807) is 7.11 Å². The number of aryl methyl sites for hydroxylation is 2. The second-order valence-corrected chi connectivity index (χ2v) is 7.15. The zero-order valence-electron chi connectivity index (χ0n) is 16.4. The molecule has 4 heteroatoms. The lowest BCUT2D eigenvalue weighted by Crippen LogP contribution is -2.53. The Hall–Kier alpha value is -3.11. The van der Waals surface area contributed by atoms with Gasteiger partial charge in [0.25, 0.3) is 5.82 Å². The predicted molar refractivity (Wildman–Crippen MR) is 108 cm³/mol. The van der Waals surface area contributed by atoms with Gasteiger partial charge in [-0.15, -0.1) is 0 Å². The molecule has 0 spiro atoms. The first-order valence-electron chi connectivity index (χ1n) is 9.37. The average molecular weight is 372 g/mol. The van der Waals surface area contributed by atoms with Crippen LogP contribution >= 0.6 is 0 Å². The van der Waals surface area contributed by atoms with Gasteiger partial charge in [-0.3, -0.25) is 0 Å². The van der Waals surface area contributed by atoms with Crippen molar-refractivity contribution in [3.63, 3.8) is 0 Å². The van der Waals surface area contributed by atoms with Gasteiger partial charge >= 0.3 is 0 Å². The van der Waals surface area contributed by atoms with Crippen molar-refractivity contribution in [3.05, 3.63) is 95.8 Å². The zero-order chi connectivity index (χ0) is 19.7. The molecule has 1 unspecified atom stereocenters. The van der Waals surface area contributed by atoms with Crippen LogP contribution in [0.2, 0.25) is 0 Å². The van der Waals surface area contributed by atoms with Crippen LogP contribution in [0.5, 0.6) is 5.75 Å². The minimum Gasteiger partial charge on any atom is -0.837 e. The first kappa shape index (κ1) is 18.3. The van der Waals surface area contributed by atoms with Crippen LogP contribution in [0.4, 0.5) is 0 Å². The van der Waals surface area contributed by atoms with Crippen molar-refractivity contribution in [2.45, 2.75) is 12.0 Å². The summed E-state index contributed by atoms with van der Waals surface area (Å²) in [4.78, 5) is 0. The Labute approximate surface area is 165 Å². The number of benzene rings is 3. The van der Waals surface area contributed by atoms with Crippen molar-refractivity contribution in [3.8, 4) is 5.75 Å². The molecule has 1 atom stereocenters. The fraction of sp³-hybridized carbons (Fsp3) is 0.208. The summed E-state index contributed by atoms with van der Waals surface area (Å²) < 4.78 is 9.31. The molecule has 4 rings (SSSR count). The van der Waals surface area contributed by atoms with Gasteiger partial charge in [0, 0.05) is 5.60 Å². The third kappa shape index (κ3) is 2.96. The number of methoxy groups -OCH3 is 1. The van der Waals surface area contributed by atoms with Crippen molar-refractivity contribution in [1.82, 2.24) is 4.57 Å².